The molecule has 0 aromatic carbocycles. The highest BCUT2D eigenvalue weighted by atomic mass is 16.5. The summed E-state index contributed by atoms with van der Waals surface area (Å²) in [6.07, 6.45) is 3.76. The van der Waals surface area contributed by atoms with Gasteiger partial charge in [0.05, 0.1) is 26.4 Å². The molecule has 1 N–H and O–H groups in total. The smallest absolute Gasteiger partial charge is 0.193 e. The molecule has 0 spiro atoms. The zero-order chi connectivity index (χ0) is 16.5. The van der Waals surface area contributed by atoms with Crippen molar-refractivity contribution in [2.24, 2.45) is 10.9 Å². The summed E-state index contributed by atoms with van der Waals surface area (Å²) in [5.74, 6) is 1.68. The zero-order valence-corrected chi connectivity index (χ0v) is 15.1. The molecule has 0 amide bonds. The molecule has 2 atom stereocenters. The van der Waals surface area contributed by atoms with Gasteiger partial charge in [-0.25, -0.2) is 0 Å². The molecule has 6 nitrogen and oxygen atoms in total. The Balaban J connectivity index is 1.78. The maximum Gasteiger partial charge on any atom is 0.193 e. The minimum Gasteiger partial charge on any atom is -0.382 e. The summed E-state index contributed by atoms with van der Waals surface area (Å²) < 4.78 is 10.7. The number of methoxy groups -OCH3 is 1. The average molecular weight is 326 g/mol. The van der Waals surface area contributed by atoms with E-state index in [0.717, 1.165) is 38.7 Å². The van der Waals surface area contributed by atoms with Crippen LogP contribution in [0.3, 0.4) is 0 Å². The van der Waals surface area contributed by atoms with Crippen LogP contribution in [0.2, 0.25) is 0 Å². The van der Waals surface area contributed by atoms with Crippen LogP contribution in [0.15, 0.2) is 4.99 Å². The van der Waals surface area contributed by atoms with E-state index in [9.17, 15) is 0 Å². The van der Waals surface area contributed by atoms with E-state index in [2.05, 4.69) is 29.1 Å². The average Bonchev–Trinajstić information content (AvgIpc) is 3.17. The molecule has 0 aromatic heterocycles. The Kier molecular flexibility index (Phi) is 8.12. The number of guanidine groups is 1. The number of nitrogens with zero attached hydrogens (tertiary/aromatic N) is 3. The molecule has 0 bridgehead atoms. The number of nitrogens with one attached hydrogen (secondary N) is 1. The van der Waals surface area contributed by atoms with Crippen LogP contribution < -0.4 is 5.32 Å². The second-order valence-electron chi connectivity index (χ2n) is 6.64. The molecule has 2 unspecified atom stereocenters. The maximum absolute atomic E-state index is 5.68. The molecular formula is C17H34N4O2. The van der Waals surface area contributed by atoms with E-state index in [4.69, 9.17) is 14.5 Å². The number of likely N-dealkylation sites (tertiary alicyclic amines) is 2. The molecule has 0 aromatic rings. The number of ether oxygens (including phenoxy) is 2. The second kappa shape index (κ2) is 10.1. The fraction of sp³-hybridized carbons (Fsp3) is 0.941. The first-order chi connectivity index (χ1) is 11.2. The second-order valence-corrected chi connectivity index (χ2v) is 6.64. The summed E-state index contributed by atoms with van der Waals surface area (Å²) in [6.45, 7) is 9.48. The quantitative estimate of drug-likeness (QED) is 0.410. The standard InChI is InChI=1S/C17H34N4O2/c1-4-18-17(19-12-16-6-5-8-20(16)2)21-9-7-15(13-21)14-23-11-10-22-3/h15-16H,4-14H2,1-3H3,(H,18,19). The van der Waals surface area contributed by atoms with Crippen molar-refractivity contribution >= 4 is 5.96 Å². The summed E-state index contributed by atoms with van der Waals surface area (Å²) >= 11 is 0. The first-order valence-electron chi connectivity index (χ1n) is 9.04. The van der Waals surface area contributed by atoms with Gasteiger partial charge in [-0.15, -0.1) is 0 Å². The Labute approximate surface area is 141 Å². The van der Waals surface area contributed by atoms with Gasteiger partial charge in [0.15, 0.2) is 5.96 Å². The van der Waals surface area contributed by atoms with Gasteiger partial charge in [0.2, 0.25) is 0 Å². The van der Waals surface area contributed by atoms with Crippen molar-refractivity contribution in [1.82, 2.24) is 15.1 Å². The summed E-state index contributed by atoms with van der Waals surface area (Å²) in [6, 6.07) is 0.611. The molecule has 2 rings (SSSR count). The van der Waals surface area contributed by atoms with E-state index in [1.165, 1.54) is 25.8 Å². The van der Waals surface area contributed by atoms with E-state index in [-0.39, 0.29) is 0 Å². The Morgan fingerprint density at radius 3 is 2.83 bits per heavy atom. The largest absolute Gasteiger partial charge is 0.382 e. The fourth-order valence-corrected chi connectivity index (χ4v) is 3.38. The van der Waals surface area contributed by atoms with Crippen LogP contribution in [0, 0.1) is 5.92 Å². The highest BCUT2D eigenvalue weighted by Gasteiger charge is 2.26. The summed E-state index contributed by atoms with van der Waals surface area (Å²) in [5, 5.41) is 3.46. The molecule has 2 heterocycles. The summed E-state index contributed by atoms with van der Waals surface area (Å²) in [7, 11) is 3.92. The van der Waals surface area contributed by atoms with Gasteiger partial charge in [0.25, 0.3) is 0 Å². The molecule has 2 saturated heterocycles. The Morgan fingerprint density at radius 1 is 1.26 bits per heavy atom. The lowest BCUT2D eigenvalue weighted by atomic mass is 10.1. The first-order valence-corrected chi connectivity index (χ1v) is 9.04. The van der Waals surface area contributed by atoms with Crippen molar-refractivity contribution in [3.63, 3.8) is 0 Å². The third-order valence-electron chi connectivity index (χ3n) is 4.83. The van der Waals surface area contributed by atoms with Crippen LogP contribution >= 0.6 is 0 Å². The predicted molar refractivity (Wildman–Crippen MR) is 94.0 cm³/mol. The van der Waals surface area contributed by atoms with Crippen LogP contribution in [0.5, 0.6) is 0 Å². The zero-order valence-electron chi connectivity index (χ0n) is 15.1. The maximum atomic E-state index is 5.68. The first kappa shape index (κ1) is 18.5. The highest BCUT2D eigenvalue weighted by Crippen LogP contribution is 2.18. The van der Waals surface area contributed by atoms with E-state index >= 15 is 0 Å². The molecular weight excluding hydrogens is 292 g/mol. The van der Waals surface area contributed by atoms with Gasteiger partial charge in [0, 0.05) is 38.7 Å². The minimum atomic E-state index is 0.602. The van der Waals surface area contributed by atoms with Crippen LogP contribution in [0.25, 0.3) is 0 Å². The molecule has 2 aliphatic heterocycles. The van der Waals surface area contributed by atoms with Crippen LogP contribution in [0.1, 0.15) is 26.2 Å². The normalized spacial score (nSPS) is 26.2. The van der Waals surface area contributed by atoms with Crippen molar-refractivity contribution in [1.29, 1.82) is 0 Å². The van der Waals surface area contributed by atoms with Crippen LogP contribution in [0.4, 0.5) is 0 Å². The van der Waals surface area contributed by atoms with E-state index in [1.54, 1.807) is 7.11 Å². The SMILES string of the molecule is CCNC(=NCC1CCCN1C)N1CCC(COCCOC)C1. The van der Waals surface area contributed by atoms with Crippen molar-refractivity contribution in [2.45, 2.75) is 32.2 Å². The van der Waals surface area contributed by atoms with Gasteiger partial charge in [-0.2, -0.15) is 0 Å². The van der Waals surface area contributed by atoms with Gasteiger partial charge < -0.3 is 24.6 Å². The monoisotopic (exact) mass is 326 g/mol. The number of aliphatic imine (C=N–C) groups is 1. The Morgan fingerprint density at radius 2 is 2.13 bits per heavy atom. The number of hydrogen-bond donors (Lipinski definition) is 1. The van der Waals surface area contributed by atoms with Gasteiger partial charge in [-0.3, -0.25) is 4.99 Å². The summed E-state index contributed by atoms with van der Waals surface area (Å²) in [5.41, 5.74) is 0. The molecule has 2 fully saturated rings. The molecule has 0 aliphatic carbocycles. The molecule has 2 aliphatic rings. The lowest BCUT2D eigenvalue weighted by molar-refractivity contribution is 0.0536. The van der Waals surface area contributed by atoms with Crippen molar-refractivity contribution in [3.8, 4) is 0 Å². The minimum absolute atomic E-state index is 0.602. The van der Waals surface area contributed by atoms with E-state index in [1.807, 2.05) is 0 Å². The van der Waals surface area contributed by atoms with E-state index in [0.29, 0.717) is 25.2 Å². The molecule has 0 saturated carbocycles. The summed E-state index contributed by atoms with van der Waals surface area (Å²) in [4.78, 5) is 9.73. The topological polar surface area (TPSA) is 49.3 Å². The predicted octanol–water partition coefficient (Wildman–Crippen LogP) is 1.03. The fourth-order valence-electron chi connectivity index (χ4n) is 3.38. The van der Waals surface area contributed by atoms with Crippen molar-refractivity contribution < 1.29 is 9.47 Å². The van der Waals surface area contributed by atoms with E-state index < -0.39 is 0 Å². The lowest BCUT2D eigenvalue weighted by Gasteiger charge is -2.23. The van der Waals surface area contributed by atoms with Gasteiger partial charge >= 0.3 is 0 Å². The number of likely N-dealkylation sites (N-methyl/N-ethyl adjacent to an activating group) is 1. The highest BCUT2D eigenvalue weighted by molar-refractivity contribution is 5.80. The molecule has 6 heteroatoms. The van der Waals surface area contributed by atoms with Gasteiger partial charge in [0.1, 0.15) is 0 Å². The molecule has 134 valence electrons. The Bertz CT molecular complexity index is 365. The van der Waals surface area contributed by atoms with Gasteiger partial charge in [-0.1, -0.05) is 0 Å². The molecule has 0 radical (unpaired) electrons. The molecule has 23 heavy (non-hydrogen) atoms. The van der Waals surface area contributed by atoms with Gasteiger partial charge in [-0.05, 0) is 39.8 Å². The van der Waals surface area contributed by atoms with Crippen molar-refractivity contribution in [2.75, 3.05) is 66.7 Å². The number of hydrogen-bond acceptors (Lipinski definition) is 4. The Hall–Kier alpha value is -0.850. The van der Waals surface area contributed by atoms with Crippen LogP contribution in [-0.2, 0) is 9.47 Å². The lowest BCUT2D eigenvalue weighted by Crippen LogP contribution is -2.41. The van der Waals surface area contributed by atoms with Crippen molar-refractivity contribution in [3.05, 3.63) is 0 Å². The third kappa shape index (κ3) is 5.94. The number of rotatable bonds is 8. The third-order valence-corrected chi connectivity index (χ3v) is 4.83. The van der Waals surface area contributed by atoms with Crippen LogP contribution in [-0.4, -0.2) is 88.5 Å².